The van der Waals surface area contributed by atoms with E-state index >= 15 is 4.39 Å². The van der Waals surface area contributed by atoms with E-state index in [-0.39, 0.29) is 58.9 Å². The van der Waals surface area contributed by atoms with Gasteiger partial charge >= 0.3 is 6.01 Å². The van der Waals surface area contributed by atoms with E-state index in [4.69, 9.17) is 41.1 Å². The predicted molar refractivity (Wildman–Crippen MR) is 165 cm³/mol. The third kappa shape index (κ3) is 4.85. The number of alkyl halides is 2. The number of hydrogen-bond acceptors (Lipinski definition) is 11. The highest BCUT2D eigenvalue weighted by molar-refractivity contribution is 6.21. The average molecular weight is 657 g/mol. The van der Waals surface area contributed by atoms with Crippen LogP contribution in [0, 0.1) is 17.7 Å². The molecular weight excluding hydrogens is 618 g/mol. The maximum atomic E-state index is 17.1. The number of pyridine rings is 1. The summed E-state index contributed by atoms with van der Waals surface area (Å²) in [5, 5.41) is 9.67. The van der Waals surface area contributed by atoms with Crippen molar-refractivity contribution >= 4 is 28.3 Å². The first-order chi connectivity index (χ1) is 22.5. The fourth-order valence-electron chi connectivity index (χ4n) is 9.17. The normalized spacial score (nSPS) is 35.9. The largest absolute Gasteiger partial charge is 0.461 e. The van der Waals surface area contributed by atoms with Gasteiger partial charge < -0.3 is 14.4 Å². The molecule has 15 heteroatoms. The number of hydrazine groups is 1. The van der Waals surface area contributed by atoms with Gasteiger partial charge in [-0.1, -0.05) is 0 Å². The highest BCUT2D eigenvalue weighted by Crippen LogP contribution is 2.48. The Bertz CT molecular complexity index is 1630. The van der Waals surface area contributed by atoms with Gasteiger partial charge in [-0.3, -0.25) is 20.7 Å². The standard InChI is InChI=1S/C31H39ClF2N10O2/c32-21-9-22-19(12-36-40-22)25-18(21)3-1-6-44-37-13-23(41-44)24-15-42(7-8-45-24)29-20-11-35-28(25)26(34)27(20)38-30(39-29)46-16-31-4-2-5-43(31)14-17(33)10-31/h11,13,17-19,21-22,24-25,36,40H,1-10,12,14-16H2/t17-,18?,19?,21?,22?,24?,25?,31+/m1/s1. The van der Waals surface area contributed by atoms with Gasteiger partial charge in [0.1, 0.15) is 35.9 Å². The van der Waals surface area contributed by atoms with E-state index in [2.05, 4.69) is 25.8 Å². The number of nitrogens with one attached hydrogen (secondary N) is 2. The van der Waals surface area contributed by atoms with E-state index in [0.717, 1.165) is 44.3 Å². The van der Waals surface area contributed by atoms with Gasteiger partial charge in [0.15, 0.2) is 5.82 Å². The smallest absolute Gasteiger partial charge is 0.319 e. The third-order valence-corrected chi connectivity index (χ3v) is 11.9. The zero-order chi connectivity index (χ0) is 31.0. The molecular formula is C31H39ClF2N10O2. The maximum Gasteiger partial charge on any atom is 0.319 e. The van der Waals surface area contributed by atoms with Crippen molar-refractivity contribution in [2.45, 2.75) is 80.2 Å². The van der Waals surface area contributed by atoms with Gasteiger partial charge in [0.05, 0.1) is 42.5 Å². The molecule has 46 heavy (non-hydrogen) atoms. The Hall–Kier alpha value is -2.78. The Morgan fingerprint density at radius 3 is 3.00 bits per heavy atom. The molecule has 6 aliphatic heterocycles. The van der Waals surface area contributed by atoms with E-state index in [1.54, 1.807) is 17.2 Å². The maximum absolute atomic E-state index is 17.1. The van der Waals surface area contributed by atoms with Gasteiger partial charge in [0, 0.05) is 49.6 Å². The fourth-order valence-corrected chi connectivity index (χ4v) is 9.65. The number of rotatable bonds is 3. The van der Waals surface area contributed by atoms with Crippen LogP contribution in [0.2, 0.25) is 0 Å². The summed E-state index contributed by atoms with van der Waals surface area (Å²) in [7, 11) is 0. The van der Waals surface area contributed by atoms with Crippen LogP contribution in [0.25, 0.3) is 10.9 Å². The van der Waals surface area contributed by atoms with E-state index < -0.39 is 12.0 Å². The minimum absolute atomic E-state index is 0.000963. The molecule has 12 nitrogen and oxygen atoms in total. The molecule has 0 aromatic carbocycles. The van der Waals surface area contributed by atoms with Crippen LogP contribution in [0.5, 0.6) is 6.01 Å². The molecule has 4 saturated heterocycles. The van der Waals surface area contributed by atoms with Crippen LogP contribution < -0.4 is 20.5 Å². The molecule has 3 aromatic rings. The van der Waals surface area contributed by atoms with Crippen molar-refractivity contribution in [3.8, 4) is 6.01 Å². The van der Waals surface area contributed by atoms with Gasteiger partial charge in [0.2, 0.25) is 0 Å². The van der Waals surface area contributed by atoms with Gasteiger partial charge in [-0.15, -0.1) is 11.6 Å². The Morgan fingerprint density at radius 2 is 2.07 bits per heavy atom. The summed E-state index contributed by atoms with van der Waals surface area (Å²) in [5.74, 6) is -0.00846. The zero-order valence-electron chi connectivity index (χ0n) is 25.6. The Balaban J connectivity index is 1.17. The molecule has 1 saturated carbocycles. The Morgan fingerprint density at radius 1 is 1.13 bits per heavy atom. The number of aryl methyl sites for hydroxylation is 1. The first-order valence-corrected chi connectivity index (χ1v) is 17.2. The molecule has 6 unspecified atom stereocenters. The summed E-state index contributed by atoms with van der Waals surface area (Å²) >= 11 is 7.10. The molecule has 1 aliphatic carbocycles. The van der Waals surface area contributed by atoms with Crippen molar-refractivity contribution in [1.29, 1.82) is 0 Å². The van der Waals surface area contributed by atoms with E-state index in [1.165, 1.54) is 0 Å². The quantitative estimate of drug-likeness (QED) is 0.405. The van der Waals surface area contributed by atoms with Gasteiger partial charge in [-0.05, 0) is 50.5 Å². The highest BCUT2D eigenvalue weighted by atomic mass is 35.5. The summed E-state index contributed by atoms with van der Waals surface area (Å²) in [6.45, 7) is 4.30. The summed E-state index contributed by atoms with van der Waals surface area (Å²) < 4.78 is 44.1. The average Bonchev–Trinajstić information content (AvgIpc) is 3.85. The monoisotopic (exact) mass is 656 g/mol. The molecule has 7 aliphatic rings. The number of nitrogens with zero attached hydrogens (tertiary/aromatic N) is 8. The van der Waals surface area contributed by atoms with E-state index in [9.17, 15) is 4.39 Å². The molecule has 0 radical (unpaired) electrons. The van der Waals surface area contributed by atoms with Crippen molar-refractivity contribution < 1.29 is 18.3 Å². The molecule has 0 amide bonds. The minimum Gasteiger partial charge on any atom is -0.461 e. The van der Waals surface area contributed by atoms with Crippen LogP contribution in [-0.2, 0) is 11.3 Å². The second-order valence-corrected chi connectivity index (χ2v) is 14.5. The van der Waals surface area contributed by atoms with Crippen LogP contribution in [0.1, 0.15) is 61.9 Å². The molecule has 246 valence electrons. The number of fused-ring (bicyclic) bond motifs is 5. The van der Waals surface area contributed by atoms with Crippen molar-refractivity contribution in [1.82, 2.24) is 45.7 Å². The van der Waals surface area contributed by atoms with Gasteiger partial charge in [0.25, 0.3) is 0 Å². The lowest BCUT2D eigenvalue weighted by atomic mass is 9.66. The van der Waals surface area contributed by atoms with E-state index in [0.29, 0.717) is 62.6 Å². The fraction of sp³-hybridized carbons (Fsp3) is 0.710. The molecule has 8 atom stereocenters. The third-order valence-electron chi connectivity index (χ3n) is 11.4. The second kappa shape index (κ2) is 11.4. The summed E-state index contributed by atoms with van der Waals surface area (Å²) in [4.78, 5) is 20.4. The second-order valence-electron chi connectivity index (χ2n) is 14.0. The van der Waals surface area contributed by atoms with Crippen LogP contribution in [0.4, 0.5) is 14.6 Å². The van der Waals surface area contributed by atoms with Crippen LogP contribution in [-0.4, -0.2) is 104 Å². The van der Waals surface area contributed by atoms with Crippen LogP contribution in [0.15, 0.2) is 12.4 Å². The van der Waals surface area contributed by atoms with Crippen molar-refractivity contribution in [3.63, 3.8) is 0 Å². The molecule has 10 rings (SSSR count). The van der Waals surface area contributed by atoms with Crippen molar-refractivity contribution in [2.75, 3.05) is 50.8 Å². The Labute approximate surface area is 270 Å². The zero-order valence-corrected chi connectivity index (χ0v) is 26.4. The first-order valence-electron chi connectivity index (χ1n) is 16.7. The summed E-state index contributed by atoms with van der Waals surface area (Å²) in [6.07, 6.45) is 6.93. The number of morpholine rings is 1. The SMILES string of the molecule is Fc1c2ncc3c(nc(OC[C@@]45CCCN4C[C@H](F)C5)nc13)N1CCOC(C1)c1cnn(n1)CCCC1C(Cl)CC3NNCC3C21. The van der Waals surface area contributed by atoms with E-state index in [1.807, 2.05) is 0 Å². The van der Waals surface area contributed by atoms with Crippen LogP contribution >= 0.6 is 11.6 Å². The molecule has 5 fully saturated rings. The topological polar surface area (TPSA) is 118 Å². The summed E-state index contributed by atoms with van der Waals surface area (Å²) in [6, 6.07) is 0.209. The number of halogens is 3. The van der Waals surface area contributed by atoms with Gasteiger partial charge in [-0.2, -0.15) is 25.0 Å². The first kappa shape index (κ1) is 29.4. The number of ether oxygens (including phenoxy) is 2. The lowest BCUT2D eigenvalue weighted by Crippen LogP contribution is -2.45. The predicted octanol–water partition coefficient (Wildman–Crippen LogP) is 2.89. The lowest BCUT2D eigenvalue weighted by molar-refractivity contribution is 0.0363. The lowest BCUT2D eigenvalue weighted by Gasteiger charge is -2.42. The summed E-state index contributed by atoms with van der Waals surface area (Å²) in [5.41, 5.74) is 7.60. The van der Waals surface area contributed by atoms with Gasteiger partial charge in [-0.25, -0.2) is 8.78 Å². The molecule has 3 aromatic heterocycles. The minimum atomic E-state index is -0.879. The molecule has 0 spiro atoms. The van der Waals surface area contributed by atoms with Crippen molar-refractivity contribution in [3.05, 3.63) is 29.6 Å². The highest BCUT2D eigenvalue weighted by Gasteiger charge is 2.50. The molecule has 9 heterocycles. The molecule has 8 bridgehead atoms. The van der Waals surface area contributed by atoms with Crippen molar-refractivity contribution in [2.24, 2.45) is 11.8 Å². The number of anilines is 1. The number of aromatic nitrogens is 6. The number of hydrogen-bond donors (Lipinski definition) is 2. The molecule has 2 N–H and O–H groups in total. The Kier molecular flexibility index (Phi) is 7.30. The van der Waals surface area contributed by atoms with Crippen LogP contribution in [0.3, 0.4) is 0 Å².